The first-order valence-corrected chi connectivity index (χ1v) is 9.92. The largest absolute Gasteiger partial charge is 0.497 e. The van der Waals surface area contributed by atoms with Gasteiger partial charge in [0.05, 0.1) is 24.7 Å². The van der Waals surface area contributed by atoms with Gasteiger partial charge in [0.25, 0.3) is 0 Å². The predicted octanol–water partition coefficient (Wildman–Crippen LogP) is 2.61. The van der Waals surface area contributed by atoms with E-state index in [2.05, 4.69) is 27.9 Å². The van der Waals surface area contributed by atoms with Crippen molar-refractivity contribution < 1.29 is 9.53 Å². The predicted molar refractivity (Wildman–Crippen MR) is 113 cm³/mol. The third-order valence-corrected chi connectivity index (χ3v) is 5.51. The molecule has 0 bridgehead atoms. The number of methoxy groups -OCH3 is 1. The standard InChI is InChI=1S/C22H27N5O2/c1-25-20-6-4-3-5-19(20)24-21(25)16-26-11-13-27(14-12-26)22(28)23-15-17-7-9-18(29-2)10-8-17/h3-10H,11-16H2,1-2H3,(H,23,28). The lowest BCUT2D eigenvalue weighted by molar-refractivity contribution is 0.133. The fourth-order valence-corrected chi connectivity index (χ4v) is 3.68. The Morgan fingerprint density at radius 2 is 1.79 bits per heavy atom. The first-order valence-electron chi connectivity index (χ1n) is 9.92. The Kier molecular flexibility index (Phi) is 5.67. The second-order valence-corrected chi connectivity index (χ2v) is 7.35. The molecule has 7 heteroatoms. The maximum Gasteiger partial charge on any atom is 0.317 e. The Hall–Kier alpha value is -3.06. The van der Waals surface area contributed by atoms with Gasteiger partial charge in [0, 0.05) is 39.8 Å². The Morgan fingerprint density at radius 1 is 1.07 bits per heavy atom. The van der Waals surface area contributed by atoms with Crippen molar-refractivity contribution in [3.63, 3.8) is 0 Å². The van der Waals surface area contributed by atoms with Gasteiger partial charge in [-0.25, -0.2) is 9.78 Å². The molecule has 1 aliphatic heterocycles. The van der Waals surface area contributed by atoms with E-state index >= 15 is 0 Å². The second kappa shape index (κ2) is 8.53. The number of hydrogen-bond acceptors (Lipinski definition) is 4. The number of amides is 2. The highest BCUT2D eigenvalue weighted by Crippen LogP contribution is 2.16. The summed E-state index contributed by atoms with van der Waals surface area (Å²) in [5.41, 5.74) is 3.24. The highest BCUT2D eigenvalue weighted by Gasteiger charge is 2.22. The molecule has 3 aromatic rings. The van der Waals surface area contributed by atoms with Crippen molar-refractivity contribution in [1.82, 2.24) is 24.7 Å². The summed E-state index contributed by atoms with van der Waals surface area (Å²) >= 11 is 0. The molecule has 152 valence electrons. The number of rotatable bonds is 5. The molecule has 7 nitrogen and oxygen atoms in total. The number of nitrogens with one attached hydrogen (secondary N) is 1. The maximum absolute atomic E-state index is 12.5. The smallest absolute Gasteiger partial charge is 0.317 e. The average molecular weight is 393 g/mol. The second-order valence-electron chi connectivity index (χ2n) is 7.35. The zero-order valence-corrected chi connectivity index (χ0v) is 17.0. The molecule has 2 amide bonds. The number of urea groups is 1. The molecule has 0 unspecified atom stereocenters. The number of aryl methyl sites for hydroxylation is 1. The van der Waals surface area contributed by atoms with E-state index in [1.807, 2.05) is 47.4 Å². The number of nitrogens with zero attached hydrogens (tertiary/aromatic N) is 4. The summed E-state index contributed by atoms with van der Waals surface area (Å²) < 4.78 is 7.32. The molecule has 1 saturated heterocycles. The number of fused-ring (bicyclic) bond motifs is 1. The van der Waals surface area contributed by atoms with Crippen molar-refractivity contribution in [2.75, 3.05) is 33.3 Å². The van der Waals surface area contributed by atoms with E-state index in [0.29, 0.717) is 6.54 Å². The van der Waals surface area contributed by atoms with Crippen LogP contribution in [0.1, 0.15) is 11.4 Å². The highest BCUT2D eigenvalue weighted by molar-refractivity contribution is 5.76. The maximum atomic E-state index is 12.5. The number of hydrogen-bond donors (Lipinski definition) is 1. The summed E-state index contributed by atoms with van der Waals surface area (Å²) in [5, 5.41) is 3.01. The van der Waals surface area contributed by atoms with E-state index in [1.54, 1.807) is 7.11 Å². The van der Waals surface area contributed by atoms with Crippen LogP contribution in [0.15, 0.2) is 48.5 Å². The molecule has 1 N–H and O–H groups in total. The minimum atomic E-state index is -0.0109. The van der Waals surface area contributed by atoms with E-state index in [0.717, 1.165) is 60.9 Å². The van der Waals surface area contributed by atoms with Crippen LogP contribution in [0.5, 0.6) is 5.75 Å². The van der Waals surface area contributed by atoms with Crippen LogP contribution in [0.2, 0.25) is 0 Å². The number of benzene rings is 2. The van der Waals surface area contributed by atoms with Crippen LogP contribution in [0.4, 0.5) is 4.79 Å². The van der Waals surface area contributed by atoms with Crippen LogP contribution < -0.4 is 10.1 Å². The first kappa shape index (κ1) is 19.3. The van der Waals surface area contributed by atoms with Crippen molar-refractivity contribution >= 4 is 17.1 Å². The molecule has 29 heavy (non-hydrogen) atoms. The van der Waals surface area contributed by atoms with Crippen molar-refractivity contribution in [1.29, 1.82) is 0 Å². The topological polar surface area (TPSA) is 62.6 Å². The number of imidazole rings is 1. The molecule has 4 rings (SSSR count). The Morgan fingerprint density at radius 3 is 2.48 bits per heavy atom. The van der Waals surface area contributed by atoms with Gasteiger partial charge in [-0.3, -0.25) is 4.90 Å². The van der Waals surface area contributed by atoms with Crippen LogP contribution in [-0.4, -0.2) is 58.7 Å². The summed E-state index contributed by atoms with van der Waals surface area (Å²) in [4.78, 5) is 21.5. The van der Waals surface area contributed by atoms with Gasteiger partial charge in [-0.1, -0.05) is 24.3 Å². The third kappa shape index (κ3) is 4.35. The monoisotopic (exact) mass is 393 g/mol. The summed E-state index contributed by atoms with van der Waals surface area (Å²) in [5.74, 6) is 1.88. The Bertz CT molecular complexity index is 975. The van der Waals surface area contributed by atoms with Gasteiger partial charge in [0.2, 0.25) is 0 Å². The molecule has 0 aliphatic carbocycles. The molecule has 1 aromatic heterocycles. The lowest BCUT2D eigenvalue weighted by Crippen LogP contribution is -2.51. The van der Waals surface area contributed by atoms with Gasteiger partial charge in [0.1, 0.15) is 11.6 Å². The normalized spacial score (nSPS) is 14.9. The van der Waals surface area contributed by atoms with Crippen LogP contribution in [0, 0.1) is 0 Å². The summed E-state index contributed by atoms with van der Waals surface area (Å²) in [6.07, 6.45) is 0. The van der Waals surface area contributed by atoms with Gasteiger partial charge in [-0.2, -0.15) is 0 Å². The van der Waals surface area contributed by atoms with Gasteiger partial charge in [-0.05, 0) is 29.8 Å². The molecule has 1 fully saturated rings. The average Bonchev–Trinajstić information content (AvgIpc) is 3.08. The highest BCUT2D eigenvalue weighted by atomic mass is 16.5. The number of carbonyl (C=O) groups excluding carboxylic acids is 1. The van der Waals surface area contributed by atoms with Crippen molar-refractivity contribution in [3.8, 4) is 5.75 Å². The minimum absolute atomic E-state index is 0.0109. The molecule has 0 spiro atoms. The molecule has 2 aromatic carbocycles. The molecule has 1 aliphatic rings. The quantitative estimate of drug-likeness (QED) is 0.724. The SMILES string of the molecule is COc1ccc(CNC(=O)N2CCN(Cc3nc4ccccc4n3C)CC2)cc1. The molecule has 0 radical (unpaired) electrons. The van der Waals surface area contributed by atoms with Crippen LogP contribution in [0.3, 0.4) is 0 Å². The number of ether oxygens (including phenoxy) is 1. The van der Waals surface area contributed by atoms with Crippen molar-refractivity contribution in [2.24, 2.45) is 7.05 Å². The van der Waals surface area contributed by atoms with E-state index in [1.165, 1.54) is 0 Å². The lowest BCUT2D eigenvalue weighted by atomic mass is 10.2. The van der Waals surface area contributed by atoms with E-state index in [-0.39, 0.29) is 6.03 Å². The van der Waals surface area contributed by atoms with E-state index in [9.17, 15) is 4.79 Å². The summed E-state index contributed by atoms with van der Waals surface area (Å²) in [7, 11) is 3.71. The van der Waals surface area contributed by atoms with Crippen molar-refractivity contribution in [2.45, 2.75) is 13.1 Å². The zero-order valence-electron chi connectivity index (χ0n) is 17.0. The van der Waals surface area contributed by atoms with Crippen LogP contribution in [0.25, 0.3) is 11.0 Å². The molecular weight excluding hydrogens is 366 g/mol. The lowest BCUT2D eigenvalue weighted by Gasteiger charge is -2.34. The zero-order chi connectivity index (χ0) is 20.2. The van der Waals surface area contributed by atoms with Gasteiger partial charge < -0.3 is 19.5 Å². The fraction of sp³-hybridized carbons (Fsp3) is 0.364. The molecule has 2 heterocycles. The summed E-state index contributed by atoms with van der Waals surface area (Å²) in [6, 6.07) is 15.9. The van der Waals surface area contributed by atoms with E-state index < -0.39 is 0 Å². The van der Waals surface area contributed by atoms with Gasteiger partial charge >= 0.3 is 6.03 Å². The number of aromatic nitrogens is 2. The Labute approximate surface area is 170 Å². The third-order valence-electron chi connectivity index (χ3n) is 5.51. The van der Waals surface area contributed by atoms with Gasteiger partial charge in [-0.15, -0.1) is 0 Å². The summed E-state index contributed by atoms with van der Waals surface area (Å²) in [6.45, 7) is 4.45. The van der Waals surface area contributed by atoms with Crippen LogP contribution >= 0.6 is 0 Å². The first-order chi connectivity index (χ1) is 14.1. The molecule has 0 saturated carbocycles. The minimum Gasteiger partial charge on any atom is -0.497 e. The van der Waals surface area contributed by atoms with Crippen LogP contribution in [-0.2, 0) is 20.1 Å². The Balaban J connectivity index is 1.27. The number of piperazine rings is 1. The number of carbonyl (C=O) groups is 1. The van der Waals surface area contributed by atoms with Crippen molar-refractivity contribution in [3.05, 3.63) is 59.9 Å². The number of para-hydroxylation sites is 2. The molecular formula is C22H27N5O2. The fourth-order valence-electron chi connectivity index (χ4n) is 3.68. The molecule has 0 atom stereocenters. The van der Waals surface area contributed by atoms with Gasteiger partial charge in [0.15, 0.2) is 0 Å². The van der Waals surface area contributed by atoms with E-state index in [4.69, 9.17) is 9.72 Å².